The van der Waals surface area contributed by atoms with Crippen molar-refractivity contribution < 1.29 is 4.79 Å². The van der Waals surface area contributed by atoms with Crippen molar-refractivity contribution in [2.75, 3.05) is 18.4 Å². The molecule has 0 aliphatic rings. The van der Waals surface area contributed by atoms with Crippen LogP contribution in [-0.4, -0.2) is 33.5 Å². The average molecular weight is 325 g/mol. The molecule has 0 atom stereocenters. The molecule has 124 valence electrons. The predicted octanol–water partition coefficient (Wildman–Crippen LogP) is 1.41. The van der Waals surface area contributed by atoms with Crippen LogP contribution in [0.1, 0.15) is 16.1 Å². The zero-order valence-electron chi connectivity index (χ0n) is 13.6. The van der Waals surface area contributed by atoms with E-state index in [4.69, 9.17) is 0 Å². The van der Waals surface area contributed by atoms with Crippen molar-refractivity contribution in [1.29, 1.82) is 0 Å². The van der Waals surface area contributed by atoms with Gasteiger partial charge in [0.1, 0.15) is 0 Å². The molecule has 0 spiro atoms. The Morgan fingerprint density at radius 2 is 2.08 bits per heavy atom. The standard InChI is InChI=1S/C17H19N5O2/c1-11-9-15(23)21-17(20-11)19-8-7-18-16(24)13-10-22(2)14-6-4-3-5-12(13)14/h3-6,9-10H,7-8H2,1-2H3,(H,18,24)(H2,19,20,21,23). The number of aryl methyl sites for hydroxylation is 2. The van der Waals surface area contributed by atoms with Crippen LogP contribution in [0, 0.1) is 6.92 Å². The predicted molar refractivity (Wildman–Crippen MR) is 93.3 cm³/mol. The van der Waals surface area contributed by atoms with E-state index in [1.54, 1.807) is 6.92 Å². The van der Waals surface area contributed by atoms with E-state index in [2.05, 4.69) is 20.6 Å². The van der Waals surface area contributed by atoms with Gasteiger partial charge in [-0.2, -0.15) is 0 Å². The topological polar surface area (TPSA) is 91.8 Å². The van der Waals surface area contributed by atoms with E-state index in [-0.39, 0.29) is 11.5 Å². The first-order chi connectivity index (χ1) is 11.5. The number of H-pyrrole nitrogens is 1. The summed E-state index contributed by atoms with van der Waals surface area (Å²) in [6, 6.07) is 9.20. The average Bonchev–Trinajstić information content (AvgIpc) is 2.88. The third kappa shape index (κ3) is 3.29. The van der Waals surface area contributed by atoms with Gasteiger partial charge in [0.25, 0.3) is 11.5 Å². The highest BCUT2D eigenvalue weighted by Gasteiger charge is 2.12. The molecule has 3 N–H and O–H groups in total. The first kappa shape index (κ1) is 15.8. The SMILES string of the molecule is Cc1cc(=O)[nH]c(NCCNC(=O)c2cn(C)c3ccccc23)n1. The minimum atomic E-state index is -0.204. The summed E-state index contributed by atoms with van der Waals surface area (Å²) in [5.41, 5.74) is 2.10. The number of amides is 1. The maximum Gasteiger partial charge on any atom is 0.253 e. The zero-order valence-corrected chi connectivity index (χ0v) is 13.6. The molecule has 7 heteroatoms. The summed E-state index contributed by atoms with van der Waals surface area (Å²) in [7, 11) is 1.92. The quantitative estimate of drug-likeness (QED) is 0.619. The fourth-order valence-corrected chi connectivity index (χ4v) is 2.64. The van der Waals surface area contributed by atoms with E-state index in [1.807, 2.05) is 42.1 Å². The van der Waals surface area contributed by atoms with Crippen LogP contribution in [0.3, 0.4) is 0 Å². The molecule has 0 aliphatic heterocycles. The number of hydrogen-bond donors (Lipinski definition) is 3. The monoisotopic (exact) mass is 325 g/mol. The van der Waals surface area contributed by atoms with E-state index in [1.165, 1.54) is 6.07 Å². The highest BCUT2D eigenvalue weighted by atomic mass is 16.1. The van der Waals surface area contributed by atoms with Crippen LogP contribution in [0.5, 0.6) is 0 Å². The van der Waals surface area contributed by atoms with Crippen LogP contribution < -0.4 is 16.2 Å². The lowest BCUT2D eigenvalue weighted by molar-refractivity contribution is 0.0956. The Balaban J connectivity index is 1.60. The van der Waals surface area contributed by atoms with Gasteiger partial charge in [-0.15, -0.1) is 0 Å². The van der Waals surface area contributed by atoms with Crippen LogP contribution in [0.4, 0.5) is 5.95 Å². The Hall–Kier alpha value is -3.09. The zero-order chi connectivity index (χ0) is 17.1. The Morgan fingerprint density at radius 3 is 2.88 bits per heavy atom. The summed E-state index contributed by atoms with van der Waals surface area (Å²) in [5.74, 6) is 0.277. The smallest absolute Gasteiger partial charge is 0.253 e. The number of para-hydroxylation sites is 1. The largest absolute Gasteiger partial charge is 0.354 e. The number of nitrogens with one attached hydrogen (secondary N) is 3. The molecule has 0 aliphatic carbocycles. The summed E-state index contributed by atoms with van der Waals surface area (Å²) in [5, 5.41) is 6.78. The Morgan fingerprint density at radius 1 is 1.29 bits per heavy atom. The van der Waals surface area contributed by atoms with Gasteiger partial charge in [0.05, 0.1) is 5.56 Å². The molecule has 7 nitrogen and oxygen atoms in total. The summed E-state index contributed by atoms with van der Waals surface area (Å²) < 4.78 is 1.93. The van der Waals surface area contributed by atoms with Crippen molar-refractivity contribution in [3.05, 3.63) is 58.1 Å². The van der Waals surface area contributed by atoms with Crippen LogP contribution in [-0.2, 0) is 7.05 Å². The number of nitrogens with zero attached hydrogens (tertiary/aromatic N) is 2. The van der Waals surface area contributed by atoms with Crippen molar-refractivity contribution in [1.82, 2.24) is 19.9 Å². The summed E-state index contributed by atoms with van der Waals surface area (Å²) in [6.45, 7) is 2.63. The summed E-state index contributed by atoms with van der Waals surface area (Å²) in [4.78, 5) is 30.5. The van der Waals surface area contributed by atoms with Gasteiger partial charge in [-0.05, 0) is 13.0 Å². The maximum atomic E-state index is 12.4. The molecule has 0 bridgehead atoms. The molecular weight excluding hydrogens is 306 g/mol. The fraction of sp³-hybridized carbons (Fsp3) is 0.235. The molecule has 0 radical (unpaired) electrons. The van der Waals surface area contributed by atoms with Crippen LogP contribution >= 0.6 is 0 Å². The van der Waals surface area contributed by atoms with Gasteiger partial charge in [0.2, 0.25) is 5.95 Å². The highest BCUT2D eigenvalue weighted by molar-refractivity contribution is 6.06. The fourth-order valence-electron chi connectivity index (χ4n) is 2.64. The molecule has 3 rings (SSSR count). The van der Waals surface area contributed by atoms with Crippen molar-refractivity contribution >= 4 is 22.8 Å². The lowest BCUT2D eigenvalue weighted by atomic mass is 10.1. The minimum absolute atomic E-state index is 0.126. The number of aromatic nitrogens is 3. The number of anilines is 1. The van der Waals surface area contributed by atoms with E-state index >= 15 is 0 Å². The number of aromatic amines is 1. The van der Waals surface area contributed by atoms with Gasteiger partial charge >= 0.3 is 0 Å². The highest BCUT2D eigenvalue weighted by Crippen LogP contribution is 2.19. The van der Waals surface area contributed by atoms with Gasteiger partial charge in [0.15, 0.2) is 0 Å². The van der Waals surface area contributed by atoms with Crippen LogP contribution in [0.25, 0.3) is 10.9 Å². The number of benzene rings is 1. The molecule has 0 saturated heterocycles. The molecule has 0 unspecified atom stereocenters. The number of rotatable bonds is 5. The molecule has 1 amide bonds. The van der Waals surface area contributed by atoms with Gasteiger partial charge in [0, 0.05) is 49.0 Å². The number of hydrogen-bond acceptors (Lipinski definition) is 4. The number of fused-ring (bicyclic) bond motifs is 1. The van der Waals surface area contributed by atoms with Crippen molar-refractivity contribution in [3.63, 3.8) is 0 Å². The summed E-state index contributed by atoms with van der Waals surface area (Å²) in [6.07, 6.45) is 1.83. The van der Waals surface area contributed by atoms with Crippen molar-refractivity contribution in [2.45, 2.75) is 6.92 Å². The maximum absolute atomic E-state index is 12.4. The normalized spacial score (nSPS) is 10.8. The third-order valence-corrected chi connectivity index (χ3v) is 3.71. The summed E-state index contributed by atoms with van der Waals surface area (Å²) >= 11 is 0. The Kier molecular flexibility index (Phi) is 4.33. The first-order valence-electron chi connectivity index (χ1n) is 7.68. The second-order valence-corrected chi connectivity index (χ2v) is 5.59. The molecule has 3 aromatic rings. The Labute approximate surface area is 138 Å². The van der Waals surface area contributed by atoms with Crippen molar-refractivity contribution in [2.24, 2.45) is 7.05 Å². The third-order valence-electron chi connectivity index (χ3n) is 3.71. The van der Waals surface area contributed by atoms with Gasteiger partial charge in [-0.3, -0.25) is 14.6 Å². The van der Waals surface area contributed by atoms with E-state index in [0.717, 1.165) is 10.9 Å². The molecule has 0 fully saturated rings. The number of carbonyl (C=O) groups is 1. The van der Waals surface area contributed by atoms with Crippen molar-refractivity contribution in [3.8, 4) is 0 Å². The van der Waals surface area contributed by atoms with Crippen LogP contribution in [0.2, 0.25) is 0 Å². The minimum Gasteiger partial charge on any atom is -0.354 e. The number of carbonyl (C=O) groups excluding carboxylic acids is 1. The lowest BCUT2D eigenvalue weighted by Crippen LogP contribution is -2.29. The van der Waals surface area contributed by atoms with E-state index < -0.39 is 0 Å². The second-order valence-electron chi connectivity index (χ2n) is 5.59. The van der Waals surface area contributed by atoms with Gasteiger partial charge in [-0.25, -0.2) is 4.98 Å². The molecule has 2 heterocycles. The Bertz CT molecular complexity index is 942. The second kappa shape index (κ2) is 6.57. The molecular formula is C17H19N5O2. The van der Waals surface area contributed by atoms with Gasteiger partial charge < -0.3 is 15.2 Å². The van der Waals surface area contributed by atoms with Crippen LogP contribution in [0.15, 0.2) is 41.3 Å². The van der Waals surface area contributed by atoms with E-state index in [9.17, 15) is 9.59 Å². The molecule has 24 heavy (non-hydrogen) atoms. The molecule has 0 saturated carbocycles. The van der Waals surface area contributed by atoms with E-state index in [0.29, 0.717) is 30.3 Å². The first-order valence-corrected chi connectivity index (χ1v) is 7.68. The lowest BCUT2D eigenvalue weighted by Gasteiger charge is -2.07. The van der Waals surface area contributed by atoms with Gasteiger partial charge in [-0.1, -0.05) is 18.2 Å². The molecule has 2 aromatic heterocycles. The molecule has 1 aromatic carbocycles.